The molecule has 0 bridgehead atoms. The first kappa shape index (κ1) is 33.6. The largest absolute Gasteiger partial charge is 0.479 e. The molecule has 3 aromatic rings. The minimum atomic E-state index is -3.95. The Morgan fingerprint density at radius 3 is 1.52 bits per heavy atom. The number of benzene rings is 3. The highest BCUT2D eigenvalue weighted by molar-refractivity contribution is 6.28. The monoisotopic (exact) mass is 606 g/mol. The number of piperidine rings is 1. The fourth-order valence-electron chi connectivity index (χ4n) is 4.90. The number of carboxylic acid groups (broad SMARTS) is 3. The summed E-state index contributed by atoms with van der Waals surface area (Å²) in [5, 5.41) is 51.3. The van der Waals surface area contributed by atoms with Crippen LogP contribution in [0, 0.1) is 5.92 Å². The molecule has 0 saturated carbocycles. The lowest BCUT2D eigenvalue weighted by Crippen LogP contribution is -2.71. The Balaban J connectivity index is 0.000000257. The number of hydrogen-bond donors (Lipinski definition) is 6. The lowest BCUT2D eigenvalue weighted by Gasteiger charge is -2.36. The van der Waals surface area contributed by atoms with E-state index in [1.165, 1.54) is 42.0 Å². The molecular formula is C32H34N2O10. The molecule has 0 spiro atoms. The highest BCUT2D eigenvalue weighted by atomic mass is 16.5. The molecule has 12 nitrogen and oxygen atoms in total. The van der Waals surface area contributed by atoms with Gasteiger partial charge in [-0.1, -0.05) is 97.9 Å². The Hall–Kier alpha value is -4.91. The van der Waals surface area contributed by atoms with Crippen LogP contribution in [0.3, 0.4) is 0 Å². The van der Waals surface area contributed by atoms with E-state index < -0.39 is 51.9 Å². The third-order valence-electron chi connectivity index (χ3n) is 7.47. The van der Waals surface area contributed by atoms with E-state index in [1.807, 2.05) is 18.2 Å². The summed E-state index contributed by atoms with van der Waals surface area (Å²) in [4.78, 5) is 61.6. The average molecular weight is 607 g/mol. The molecule has 12 heteroatoms. The van der Waals surface area contributed by atoms with Gasteiger partial charge in [0.2, 0.25) is 11.6 Å². The minimum absolute atomic E-state index is 0.0416. The van der Waals surface area contributed by atoms with Crippen LogP contribution in [0.15, 0.2) is 91.0 Å². The number of nitrogens with zero attached hydrogens (tertiary/aromatic N) is 1. The molecule has 1 fully saturated rings. The number of likely N-dealkylation sites (tertiary alicyclic amines) is 1. The number of rotatable bonds is 10. The van der Waals surface area contributed by atoms with Crippen LogP contribution in [0.1, 0.15) is 39.6 Å². The van der Waals surface area contributed by atoms with Gasteiger partial charge in [-0.2, -0.15) is 0 Å². The molecule has 0 radical (unpaired) electrons. The van der Waals surface area contributed by atoms with E-state index in [2.05, 4.69) is 29.3 Å². The van der Waals surface area contributed by atoms with Crippen LogP contribution in [0.2, 0.25) is 0 Å². The summed E-state index contributed by atoms with van der Waals surface area (Å²) in [6.45, 7) is 4.84. The fraction of sp³-hybridized carbons (Fsp3) is 0.281. The van der Waals surface area contributed by atoms with Gasteiger partial charge >= 0.3 is 18.0 Å². The molecule has 3 aromatic carbocycles. The first-order valence-corrected chi connectivity index (χ1v) is 13.7. The average Bonchev–Trinajstić information content (AvgIpc) is 3.02. The zero-order chi connectivity index (χ0) is 32.5. The minimum Gasteiger partial charge on any atom is -0.479 e. The number of carboxylic acids is 2. The molecule has 6 N–H and O–H groups in total. The molecule has 232 valence electrons. The summed E-state index contributed by atoms with van der Waals surface area (Å²) in [7, 11) is 0. The summed E-state index contributed by atoms with van der Waals surface area (Å²) in [6.07, 6.45) is 0.117. The third-order valence-corrected chi connectivity index (χ3v) is 7.47. The number of Topliss-reactive ketones (excluding diaryl/α,β-unsaturated/α-hetero) is 2. The van der Waals surface area contributed by atoms with Crippen molar-refractivity contribution in [2.45, 2.75) is 37.1 Å². The van der Waals surface area contributed by atoms with Crippen LogP contribution in [0.4, 0.5) is 4.79 Å². The lowest BCUT2D eigenvalue weighted by molar-refractivity contribution is -0.187. The van der Waals surface area contributed by atoms with Crippen LogP contribution in [-0.2, 0) is 16.1 Å². The van der Waals surface area contributed by atoms with Gasteiger partial charge in [-0.15, -0.1) is 0 Å². The van der Waals surface area contributed by atoms with Crippen LogP contribution in [-0.4, -0.2) is 90.4 Å². The highest BCUT2D eigenvalue weighted by Gasteiger charge is 2.69. The number of carbonyl (C=O) groups is 5. The maximum atomic E-state index is 12.6. The Labute approximate surface area is 253 Å². The molecule has 4 atom stereocenters. The van der Waals surface area contributed by atoms with Gasteiger partial charge in [0.25, 0.3) is 11.2 Å². The Morgan fingerprint density at radius 1 is 0.727 bits per heavy atom. The smallest absolute Gasteiger partial charge is 0.404 e. The van der Waals surface area contributed by atoms with Crippen LogP contribution >= 0.6 is 0 Å². The van der Waals surface area contributed by atoms with Crippen molar-refractivity contribution in [1.29, 1.82) is 0 Å². The highest BCUT2D eigenvalue weighted by Crippen LogP contribution is 2.31. The molecule has 0 aliphatic carbocycles. The summed E-state index contributed by atoms with van der Waals surface area (Å²) < 4.78 is 0. The van der Waals surface area contributed by atoms with Gasteiger partial charge in [0.05, 0.1) is 0 Å². The topological polar surface area (TPSA) is 202 Å². The van der Waals surface area contributed by atoms with Crippen molar-refractivity contribution in [3.8, 4) is 0 Å². The molecule has 1 saturated heterocycles. The summed E-state index contributed by atoms with van der Waals surface area (Å²) >= 11 is 0. The van der Waals surface area contributed by atoms with Crippen molar-refractivity contribution in [1.82, 2.24) is 10.2 Å². The van der Waals surface area contributed by atoms with Gasteiger partial charge in [0.1, 0.15) is 0 Å². The molecular weight excluding hydrogens is 572 g/mol. The number of nitrogens with one attached hydrogen (secondary N) is 1. The van der Waals surface area contributed by atoms with Gasteiger partial charge in [-0.25, -0.2) is 14.4 Å². The molecule has 1 aliphatic heterocycles. The van der Waals surface area contributed by atoms with Crippen molar-refractivity contribution >= 4 is 29.6 Å². The van der Waals surface area contributed by atoms with Crippen molar-refractivity contribution in [2.24, 2.45) is 5.92 Å². The maximum Gasteiger partial charge on any atom is 0.404 e. The zero-order valence-corrected chi connectivity index (χ0v) is 23.9. The van der Waals surface area contributed by atoms with E-state index >= 15 is 0 Å². The second kappa shape index (κ2) is 14.5. The number of hydrogen-bond acceptors (Lipinski definition) is 8. The molecule has 44 heavy (non-hydrogen) atoms. The van der Waals surface area contributed by atoms with E-state index in [9.17, 15) is 44.4 Å². The molecule has 1 aliphatic rings. The fourth-order valence-corrected chi connectivity index (χ4v) is 4.90. The van der Waals surface area contributed by atoms with Crippen molar-refractivity contribution in [3.63, 3.8) is 0 Å². The Morgan fingerprint density at radius 2 is 1.14 bits per heavy atom. The number of ketones is 2. The summed E-state index contributed by atoms with van der Waals surface area (Å²) in [5.74, 6) is -7.62. The van der Waals surface area contributed by atoms with Crippen molar-refractivity contribution in [2.75, 3.05) is 13.1 Å². The van der Waals surface area contributed by atoms with Crippen molar-refractivity contribution in [3.05, 3.63) is 108 Å². The Kier molecular flexibility index (Phi) is 11.1. The number of aliphatic hydroxyl groups is 2. The molecule has 0 aromatic heterocycles. The first-order chi connectivity index (χ1) is 20.8. The first-order valence-electron chi connectivity index (χ1n) is 13.7. The standard InChI is InChI=1S/C18H14O8.C14H20N2O2/c19-13(11-7-3-1-4-8-11)17(25,15(21)22)18(26,16(23)24)14(20)12-9-5-2-6-10-12;1-11-7-8-16(10-13(11)15-14(17)18)9-12-5-3-2-4-6-12/h1-10,25-26H,(H,21,22)(H,23,24);2-6,11,13,15H,7-10H2,1H3,(H,17,18)/t;11-,13+/m.1/s1. The van der Waals surface area contributed by atoms with E-state index in [4.69, 9.17) is 5.11 Å². The second-order valence-corrected chi connectivity index (χ2v) is 10.5. The van der Waals surface area contributed by atoms with Crippen LogP contribution in [0.25, 0.3) is 0 Å². The van der Waals surface area contributed by atoms with E-state index in [0.717, 1.165) is 50.3 Å². The predicted molar refractivity (Wildman–Crippen MR) is 157 cm³/mol. The third kappa shape index (κ3) is 7.35. The van der Waals surface area contributed by atoms with E-state index in [-0.39, 0.29) is 6.04 Å². The Bertz CT molecular complexity index is 1390. The SMILES string of the molecule is C[C@@H]1CCN(Cc2ccccc2)C[C@@H]1NC(=O)O.O=C(O)C(O)(C(=O)c1ccccc1)C(O)(C(=O)O)C(=O)c1ccccc1. The van der Waals surface area contributed by atoms with Gasteiger partial charge in [-0.05, 0) is 24.4 Å². The summed E-state index contributed by atoms with van der Waals surface area (Å²) in [6, 6.07) is 23.2. The van der Waals surface area contributed by atoms with Gasteiger partial charge in [0, 0.05) is 30.3 Å². The molecule has 1 amide bonds. The van der Waals surface area contributed by atoms with Crippen LogP contribution in [0.5, 0.6) is 0 Å². The molecule has 1 heterocycles. The predicted octanol–water partition coefficient (Wildman–Crippen LogP) is 2.55. The molecule has 2 unspecified atom stereocenters. The zero-order valence-electron chi connectivity index (χ0n) is 23.9. The van der Waals surface area contributed by atoms with Crippen molar-refractivity contribution < 1.29 is 49.5 Å². The second-order valence-electron chi connectivity index (χ2n) is 10.5. The number of amides is 1. The normalized spacial score (nSPS) is 19.2. The quantitative estimate of drug-likeness (QED) is 0.146. The lowest BCUT2D eigenvalue weighted by atomic mass is 9.73. The van der Waals surface area contributed by atoms with Crippen LogP contribution < -0.4 is 5.32 Å². The molecule has 4 rings (SSSR count). The maximum absolute atomic E-state index is 12.6. The van der Waals surface area contributed by atoms with Gasteiger partial charge in [-0.3, -0.25) is 14.5 Å². The van der Waals surface area contributed by atoms with E-state index in [1.54, 1.807) is 0 Å². The summed E-state index contributed by atoms with van der Waals surface area (Å²) in [5.41, 5.74) is -7.41. The van der Waals surface area contributed by atoms with Gasteiger partial charge in [0.15, 0.2) is 0 Å². The van der Waals surface area contributed by atoms with E-state index in [0.29, 0.717) is 5.92 Å². The number of aliphatic carboxylic acids is 2. The van der Waals surface area contributed by atoms with Gasteiger partial charge < -0.3 is 30.8 Å². The number of carbonyl (C=O) groups excluding carboxylic acids is 2.